The SMILES string of the molecule is COc1ccc(CN(N)/C(=N\N)C(F)(F)c2ccc3c(C)nn(Cc4c(C)cccc4C)c3c2)cc1. The smallest absolute Gasteiger partial charge is 0.332 e. The molecule has 9 heteroatoms. The largest absolute Gasteiger partial charge is 0.497 e. The molecule has 3 aromatic carbocycles. The minimum atomic E-state index is -3.54. The number of methoxy groups -OCH3 is 1. The van der Waals surface area contributed by atoms with Crippen molar-refractivity contribution in [2.24, 2.45) is 16.8 Å². The molecule has 0 saturated carbocycles. The highest BCUT2D eigenvalue weighted by Crippen LogP contribution is 2.34. The van der Waals surface area contributed by atoms with Gasteiger partial charge in [0, 0.05) is 10.9 Å². The van der Waals surface area contributed by atoms with Crippen LogP contribution in [0.3, 0.4) is 0 Å². The number of halogens is 2. The topological polar surface area (TPSA) is 94.7 Å². The van der Waals surface area contributed by atoms with Crippen molar-refractivity contribution in [3.05, 3.63) is 94.2 Å². The monoisotopic (exact) mass is 492 g/mol. The Bertz CT molecular complexity index is 1390. The summed E-state index contributed by atoms with van der Waals surface area (Å²) in [5.74, 6) is 7.84. The molecule has 36 heavy (non-hydrogen) atoms. The lowest BCUT2D eigenvalue weighted by atomic mass is 10.0. The maximum atomic E-state index is 15.7. The van der Waals surface area contributed by atoms with Crippen molar-refractivity contribution in [1.82, 2.24) is 14.8 Å². The summed E-state index contributed by atoms with van der Waals surface area (Å²) >= 11 is 0. The summed E-state index contributed by atoms with van der Waals surface area (Å²) in [5, 5.41) is 9.68. The lowest BCUT2D eigenvalue weighted by Crippen LogP contribution is -2.46. The van der Waals surface area contributed by atoms with E-state index in [4.69, 9.17) is 16.4 Å². The number of hydrogen-bond acceptors (Lipinski definition) is 5. The second kappa shape index (κ2) is 9.94. The van der Waals surface area contributed by atoms with Gasteiger partial charge in [-0.3, -0.25) is 9.69 Å². The Balaban J connectivity index is 1.67. The predicted molar refractivity (Wildman–Crippen MR) is 138 cm³/mol. The molecule has 1 heterocycles. The average molecular weight is 493 g/mol. The molecule has 0 aliphatic rings. The standard InChI is InChI=1S/C27H30F2N6O/c1-17-6-5-7-18(2)24(17)16-35-25-14-21(10-13-23(25)19(3)33-35)27(28,29)26(32-30)34(31)15-20-8-11-22(36-4)12-9-20/h5-14H,15-16,30-31H2,1-4H3/b32-26-. The highest BCUT2D eigenvalue weighted by molar-refractivity contribution is 5.91. The van der Waals surface area contributed by atoms with Crippen LogP contribution in [0.15, 0.2) is 65.8 Å². The first-order valence-electron chi connectivity index (χ1n) is 11.5. The zero-order valence-corrected chi connectivity index (χ0v) is 20.8. The number of aryl methyl sites for hydroxylation is 3. The maximum Gasteiger partial charge on any atom is 0.332 e. The number of hydrogen-bond donors (Lipinski definition) is 2. The number of fused-ring (bicyclic) bond motifs is 1. The van der Waals surface area contributed by atoms with Crippen molar-refractivity contribution in [2.45, 2.75) is 39.8 Å². The first-order valence-corrected chi connectivity index (χ1v) is 11.5. The van der Waals surface area contributed by atoms with Gasteiger partial charge in [-0.15, -0.1) is 0 Å². The number of hydrazine groups is 1. The van der Waals surface area contributed by atoms with Crippen LogP contribution in [-0.2, 0) is 19.0 Å². The van der Waals surface area contributed by atoms with Crippen LogP contribution < -0.4 is 16.4 Å². The summed E-state index contributed by atoms with van der Waals surface area (Å²) in [6.07, 6.45) is 0. The molecule has 0 unspecified atom stereocenters. The van der Waals surface area contributed by atoms with E-state index in [0.717, 1.165) is 32.8 Å². The zero-order valence-electron chi connectivity index (χ0n) is 20.8. The summed E-state index contributed by atoms with van der Waals surface area (Å²) in [5.41, 5.74) is 5.14. The van der Waals surface area contributed by atoms with Crippen molar-refractivity contribution in [2.75, 3.05) is 7.11 Å². The van der Waals surface area contributed by atoms with Crippen LogP contribution in [0, 0.1) is 20.8 Å². The van der Waals surface area contributed by atoms with Crippen LogP contribution in [0.4, 0.5) is 8.78 Å². The van der Waals surface area contributed by atoms with Gasteiger partial charge in [0.1, 0.15) is 5.75 Å². The van der Waals surface area contributed by atoms with Gasteiger partial charge < -0.3 is 10.6 Å². The fourth-order valence-corrected chi connectivity index (χ4v) is 4.37. The predicted octanol–water partition coefficient (Wildman–Crippen LogP) is 4.76. The van der Waals surface area contributed by atoms with Crippen molar-refractivity contribution in [3.8, 4) is 5.75 Å². The molecule has 0 bridgehead atoms. The van der Waals surface area contributed by atoms with E-state index >= 15 is 8.78 Å². The second-order valence-electron chi connectivity index (χ2n) is 8.85. The van der Waals surface area contributed by atoms with Gasteiger partial charge >= 0.3 is 5.92 Å². The first-order chi connectivity index (χ1) is 17.1. The molecule has 0 aliphatic carbocycles. The number of nitrogens with zero attached hydrogens (tertiary/aromatic N) is 4. The third-order valence-electron chi connectivity index (χ3n) is 6.44. The highest BCUT2D eigenvalue weighted by atomic mass is 19.3. The Morgan fingerprint density at radius 2 is 1.72 bits per heavy atom. The molecule has 188 valence electrons. The number of nitrogens with two attached hydrogens (primary N) is 2. The quantitative estimate of drug-likeness (QED) is 0.168. The Labute approximate surface area is 208 Å². The number of amidine groups is 1. The van der Waals surface area contributed by atoms with Gasteiger partial charge in [-0.1, -0.05) is 42.5 Å². The molecule has 4 N–H and O–H groups in total. The summed E-state index contributed by atoms with van der Waals surface area (Å²) in [7, 11) is 1.55. The fraction of sp³-hybridized carbons (Fsp3) is 0.259. The molecule has 0 amide bonds. The molecule has 4 aromatic rings. The molecule has 0 atom stereocenters. The Kier molecular flexibility index (Phi) is 6.94. The van der Waals surface area contributed by atoms with Gasteiger partial charge in [0.15, 0.2) is 0 Å². The maximum absolute atomic E-state index is 15.7. The lowest BCUT2D eigenvalue weighted by molar-refractivity contribution is 0.0584. The molecule has 0 aliphatic heterocycles. The van der Waals surface area contributed by atoms with Crippen molar-refractivity contribution < 1.29 is 13.5 Å². The van der Waals surface area contributed by atoms with E-state index < -0.39 is 11.8 Å². The summed E-state index contributed by atoms with van der Waals surface area (Å²) in [4.78, 5) is 0. The number of alkyl halides is 2. The first kappa shape index (κ1) is 25.1. The number of hydrazone groups is 1. The van der Waals surface area contributed by atoms with Crippen LogP contribution in [0.2, 0.25) is 0 Å². The van der Waals surface area contributed by atoms with E-state index in [-0.39, 0.29) is 12.1 Å². The summed E-state index contributed by atoms with van der Waals surface area (Å²) < 4.78 is 38.4. The molecule has 0 saturated heterocycles. The summed E-state index contributed by atoms with van der Waals surface area (Å²) in [6.45, 7) is 6.38. The molecular weight excluding hydrogens is 462 g/mol. The average Bonchev–Trinajstić information content (AvgIpc) is 3.17. The van der Waals surface area contributed by atoms with Gasteiger partial charge in [-0.05, 0) is 61.2 Å². The van der Waals surface area contributed by atoms with Crippen molar-refractivity contribution in [3.63, 3.8) is 0 Å². The van der Waals surface area contributed by atoms with Crippen LogP contribution in [0.1, 0.15) is 33.5 Å². The van der Waals surface area contributed by atoms with Gasteiger partial charge in [0.25, 0.3) is 0 Å². The number of rotatable bonds is 7. The molecule has 7 nitrogen and oxygen atoms in total. The normalized spacial score (nSPS) is 12.2. The highest BCUT2D eigenvalue weighted by Gasteiger charge is 2.42. The van der Waals surface area contributed by atoms with Gasteiger partial charge in [-0.2, -0.15) is 19.0 Å². The van der Waals surface area contributed by atoms with E-state index in [2.05, 4.69) is 10.2 Å². The number of benzene rings is 3. The molecule has 0 spiro atoms. The third-order valence-corrected chi connectivity index (χ3v) is 6.44. The molecule has 0 radical (unpaired) electrons. The van der Waals surface area contributed by atoms with E-state index in [1.54, 1.807) is 42.1 Å². The number of aromatic nitrogens is 2. The second-order valence-corrected chi connectivity index (χ2v) is 8.85. The van der Waals surface area contributed by atoms with E-state index in [0.29, 0.717) is 23.4 Å². The van der Waals surface area contributed by atoms with Crippen LogP contribution in [-0.4, -0.2) is 27.7 Å². The molecular formula is C27H30F2N6O. The molecule has 1 aromatic heterocycles. The van der Waals surface area contributed by atoms with E-state index in [1.807, 2.05) is 39.0 Å². The third kappa shape index (κ3) is 4.74. The fourth-order valence-electron chi connectivity index (χ4n) is 4.37. The van der Waals surface area contributed by atoms with Crippen LogP contribution >= 0.6 is 0 Å². The Hall–Kier alpha value is -3.98. The van der Waals surface area contributed by atoms with Gasteiger partial charge in [-0.25, -0.2) is 5.84 Å². The minimum Gasteiger partial charge on any atom is -0.497 e. The van der Waals surface area contributed by atoms with Crippen LogP contribution in [0.25, 0.3) is 10.9 Å². The van der Waals surface area contributed by atoms with Crippen molar-refractivity contribution >= 4 is 16.7 Å². The zero-order chi connectivity index (χ0) is 26.0. The molecule has 4 rings (SSSR count). The Morgan fingerprint density at radius 1 is 1.06 bits per heavy atom. The van der Waals surface area contributed by atoms with E-state index in [1.165, 1.54) is 12.1 Å². The van der Waals surface area contributed by atoms with Gasteiger partial charge in [0.2, 0.25) is 5.84 Å². The minimum absolute atomic E-state index is 0.0124. The van der Waals surface area contributed by atoms with Crippen LogP contribution in [0.5, 0.6) is 5.75 Å². The Morgan fingerprint density at radius 3 is 2.33 bits per heavy atom. The molecule has 0 fully saturated rings. The van der Waals surface area contributed by atoms with Crippen molar-refractivity contribution in [1.29, 1.82) is 0 Å². The van der Waals surface area contributed by atoms with E-state index in [9.17, 15) is 0 Å². The number of ether oxygens (including phenoxy) is 1. The van der Waals surface area contributed by atoms with Gasteiger partial charge in [0.05, 0.1) is 31.4 Å². The summed E-state index contributed by atoms with van der Waals surface area (Å²) in [6, 6.07) is 17.5. The lowest BCUT2D eigenvalue weighted by Gasteiger charge is -2.26.